The third-order valence-electron chi connectivity index (χ3n) is 5.22. The minimum absolute atomic E-state index is 0.0723. The maximum atomic E-state index is 12.9. The van der Waals surface area contributed by atoms with Gasteiger partial charge in [0.25, 0.3) is 5.56 Å². The van der Waals surface area contributed by atoms with Crippen LogP contribution in [0, 0.1) is 23.2 Å². The van der Waals surface area contributed by atoms with Gasteiger partial charge in [-0.15, -0.1) is 0 Å². The zero-order valence-electron chi connectivity index (χ0n) is 14.6. The molecule has 140 valence electrons. The first-order valence-corrected chi connectivity index (χ1v) is 9.07. The largest absolute Gasteiger partial charge is 0.394 e. The molecule has 1 saturated heterocycles. The SMILES string of the molecule is N#CC(CC1CCNC1O)NC(=O)C(CC1CC1)n1cccc(N)c1=O. The molecule has 1 aromatic heterocycles. The Labute approximate surface area is 152 Å². The van der Waals surface area contributed by atoms with Gasteiger partial charge in [0.1, 0.15) is 18.3 Å². The zero-order chi connectivity index (χ0) is 18.7. The molecule has 1 aliphatic heterocycles. The van der Waals surface area contributed by atoms with Gasteiger partial charge in [-0.25, -0.2) is 0 Å². The highest BCUT2D eigenvalue weighted by Crippen LogP contribution is 2.36. The number of carbonyl (C=O) groups is 1. The van der Waals surface area contributed by atoms with Gasteiger partial charge in [-0.1, -0.05) is 12.8 Å². The number of nitrogens with two attached hydrogens (primary N) is 1. The molecule has 0 aromatic carbocycles. The van der Waals surface area contributed by atoms with E-state index in [-0.39, 0.29) is 17.5 Å². The predicted molar refractivity (Wildman–Crippen MR) is 95.8 cm³/mol. The number of hydrogen-bond acceptors (Lipinski definition) is 6. The van der Waals surface area contributed by atoms with E-state index in [0.29, 0.717) is 25.3 Å². The highest BCUT2D eigenvalue weighted by atomic mass is 16.3. The molecule has 0 radical (unpaired) electrons. The van der Waals surface area contributed by atoms with E-state index in [0.717, 1.165) is 19.3 Å². The first kappa shape index (κ1) is 18.4. The molecule has 1 aromatic rings. The summed E-state index contributed by atoms with van der Waals surface area (Å²) in [4.78, 5) is 25.2. The summed E-state index contributed by atoms with van der Waals surface area (Å²) in [5.41, 5.74) is 5.41. The summed E-state index contributed by atoms with van der Waals surface area (Å²) in [6.45, 7) is 0.695. The number of aliphatic hydroxyl groups excluding tert-OH is 1. The van der Waals surface area contributed by atoms with Gasteiger partial charge in [0, 0.05) is 12.1 Å². The standard InChI is InChI=1S/C18H25N5O3/c19-10-13(9-12-5-6-21-16(12)24)22-17(25)15(8-11-3-4-11)23-7-1-2-14(20)18(23)26/h1-2,7,11-13,15-16,21,24H,3-6,8-9,20H2,(H,22,25). The van der Waals surface area contributed by atoms with Crippen LogP contribution in [0.4, 0.5) is 5.69 Å². The lowest BCUT2D eigenvalue weighted by molar-refractivity contribution is -0.125. The van der Waals surface area contributed by atoms with E-state index < -0.39 is 23.9 Å². The molecular formula is C18H25N5O3. The molecule has 0 spiro atoms. The molecule has 3 rings (SSSR count). The molecule has 2 fully saturated rings. The van der Waals surface area contributed by atoms with Crippen molar-refractivity contribution in [3.05, 3.63) is 28.7 Å². The predicted octanol–water partition coefficient (Wildman–Crippen LogP) is 0.0981. The molecule has 2 heterocycles. The van der Waals surface area contributed by atoms with E-state index >= 15 is 0 Å². The van der Waals surface area contributed by atoms with Crippen LogP contribution in [-0.2, 0) is 4.79 Å². The van der Waals surface area contributed by atoms with Gasteiger partial charge in [0.05, 0.1) is 11.8 Å². The number of hydrogen-bond donors (Lipinski definition) is 4. The van der Waals surface area contributed by atoms with Crippen LogP contribution in [-0.4, -0.2) is 34.4 Å². The summed E-state index contributed by atoms with van der Waals surface area (Å²) in [6, 6.07) is 3.87. The van der Waals surface area contributed by atoms with Gasteiger partial charge in [0.15, 0.2) is 0 Å². The number of carbonyl (C=O) groups excluding carboxylic acids is 1. The van der Waals surface area contributed by atoms with Crippen molar-refractivity contribution >= 4 is 11.6 Å². The smallest absolute Gasteiger partial charge is 0.274 e. The lowest BCUT2D eigenvalue weighted by atomic mass is 9.98. The summed E-state index contributed by atoms with van der Waals surface area (Å²) in [5, 5.41) is 24.9. The van der Waals surface area contributed by atoms with Crippen LogP contribution in [0.3, 0.4) is 0 Å². The van der Waals surface area contributed by atoms with Crippen molar-refractivity contribution in [1.29, 1.82) is 5.26 Å². The highest BCUT2D eigenvalue weighted by molar-refractivity contribution is 5.81. The van der Waals surface area contributed by atoms with Crippen LogP contribution in [0.2, 0.25) is 0 Å². The number of nitrogens with zero attached hydrogens (tertiary/aromatic N) is 2. The molecule has 0 bridgehead atoms. The van der Waals surface area contributed by atoms with Crippen molar-refractivity contribution in [2.75, 3.05) is 12.3 Å². The molecule has 1 aliphatic carbocycles. The number of nitrogen functional groups attached to an aromatic ring is 1. The third-order valence-corrected chi connectivity index (χ3v) is 5.22. The van der Waals surface area contributed by atoms with Crippen molar-refractivity contribution in [3.63, 3.8) is 0 Å². The zero-order valence-corrected chi connectivity index (χ0v) is 14.6. The third kappa shape index (κ3) is 4.23. The number of pyridine rings is 1. The number of aromatic nitrogens is 1. The number of nitrogens with one attached hydrogen (secondary N) is 2. The van der Waals surface area contributed by atoms with Crippen LogP contribution < -0.4 is 21.9 Å². The van der Waals surface area contributed by atoms with Gasteiger partial charge < -0.3 is 20.7 Å². The Morgan fingerprint density at radius 1 is 1.46 bits per heavy atom. The van der Waals surface area contributed by atoms with Gasteiger partial charge >= 0.3 is 0 Å². The van der Waals surface area contributed by atoms with Crippen molar-refractivity contribution in [3.8, 4) is 6.07 Å². The minimum atomic E-state index is -0.708. The molecule has 2 aliphatic rings. The van der Waals surface area contributed by atoms with Crippen LogP contribution in [0.25, 0.3) is 0 Å². The molecule has 1 amide bonds. The molecule has 1 saturated carbocycles. The number of anilines is 1. The molecule has 4 unspecified atom stereocenters. The van der Waals surface area contributed by atoms with Crippen LogP contribution in [0.1, 0.15) is 38.1 Å². The Balaban J connectivity index is 1.73. The summed E-state index contributed by atoms with van der Waals surface area (Å²) in [6.07, 6.45) is 4.69. The van der Waals surface area contributed by atoms with E-state index in [2.05, 4.69) is 16.7 Å². The van der Waals surface area contributed by atoms with Gasteiger partial charge in [-0.05, 0) is 43.9 Å². The second-order valence-corrected chi connectivity index (χ2v) is 7.24. The van der Waals surface area contributed by atoms with Crippen LogP contribution >= 0.6 is 0 Å². The summed E-state index contributed by atoms with van der Waals surface area (Å²) in [7, 11) is 0. The average Bonchev–Trinajstić information content (AvgIpc) is 3.36. The molecule has 4 atom stereocenters. The Morgan fingerprint density at radius 3 is 2.85 bits per heavy atom. The van der Waals surface area contributed by atoms with E-state index in [9.17, 15) is 20.0 Å². The van der Waals surface area contributed by atoms with E-state index in [4.69, 9.17) is 5.73 Å². The van der Waals surface area contributed by atoms with Crippen molar-refractivity contribution in [1.82, 2.24) is 15.2 Å². The number of nitriles is 1. The number of amides is 1. The lowest BCUT2D eigenvalue weighted by Gasteiger charge is -2.23. The average molecular weight is 359 g/mol. The monoisotopic (exact) mass is 359 g/mol. The molecular weight excluding hydrogens is 334 g/mol. The Kier molecular flexibility index (Phi) is 5.59. The lowest BCUT2D eigenvalue weighted by Crippen LogP contribution is -2.43. The van der Waals surface area contributed by atoms with E-state index in [1.165, 1.54) is 10.6 Å². The second kappa shape index (κ2) is 7.89. The molecule has 8 heteroatoms. The second-order valence-electron chi connectivity index (χ2n) is 7.24. The highest BCUT2D eigenvalue weighted by Gasteiger charge is 2.33. The fourth-order valence-electron chi connectivity index (χ4n) is 3.49. The van der Waals surface area contributed by atoms with E-state index in [1.54, 1.807) is 12.3 Å². The van der Waals surface area contributed by atoms with Crippen LogP contribution in [0.15, 0.2) is 23.1 Å². The molecule has 26 heavy (non-hydrogen) atoms. The van der Waals surface area contributed by atoms with Gasteiger partial charge in [0.2, 0.25) is 5.91 Å². The molecule has 5 N–H and O–H groups in total. The molecule has 8 nitrogen and oxygen atoms in total. The fourth-order valence-corrected chi connectivity index (χ4v) is 3.49. The van der Waals surface area contributed by atoms with Gasteiger partial charge in [-0.3, -0.25) is 14.9 Å². The maximum Gasteiger partial charge on any atom is 0.274 e. The Morgan fingerprint density at radius 2 is 2.23 bits per heavy atom. The summed E-state index contributed by atoms with van der Waals surface area (Å²) in [5.74, 6) is -0.00556. The number of aliphatic hydroxyl groups is 1. The Hall–Kier alpha value is -2.37. The first-order chi connectivity index (χ1) is 12.5. The number of rotatable bonds is 7. The normalized spacial score (nSPS) is 24.6. The first-order valence-electron chi connectivity index (χ1n) is 9.07. The minimum Gasteiger partial charge on any atom is -0.394 e. The van der Waals surface area contributed by atoms with Crippen molar-refractivity contribution in [2.45, 2.75) is 50.4 Å². The quantitative estimate of drug-likeness (QED) is 0.546. The van der Waals surface area contributed by atoms with Crippen molar-refractivity contribution in [2.24, 2.45) is 11.8 Å². The van der Waals surface area contributed by atoms with Crippen LogP contribution in [0.5, 0.6) is 0 Å². The van der Waals surface area contributed by atoms with Gasteiger partial charge in [-0.2, -0.15) is 5.26 Å². The summed E-state index contributed by atoms with van der Waals surface area (Å²) < 4.78 is 1.36. The fraction of sp³-hybridized carbons (Fsp3) is 0.611. The Bertz CT molecular complexity index is 752. The van der Waals surface area contributed by atoms with E-state index in [1.807, 2.05) is 0 Å². The summed E-state index contributed by atoms with van der Waals surface area (Å²) >= 11 is 0. The maximum absolute atomic E-state index is 12.9. The van der Waals surface area contributed by atoms with Crippen molar-refractivity contribution < 1.29 is 9.90 Å². The topological polar surface area (TPSA) is 133 Å².